The molecule has 0 unspecified atom stereocenters. The molecule has 2 fully saturated rings. The second-order valence-corrected chi connectivity index (χ2v) is 14.9. The van der Waals surface area contributed by atoms with Crippen molar-refractivity contribution >= 4 is 50.0 Å². The second-order valence-electron chi connectivity index (χ2n) is 13.0. The van der Waals surface area contributed by atoms with Gasteiger partial charge in [-0.25, -0.2) is 18.4 Å². The summed E-state index contributed by atoms with van der Waals surface area (Å²) in [4.78, 5) is 30.8. The Bertz CT molecular complexity index is 1700. The number of fused-ring (bicyclic) bond motifs is 1. The maximum Gasteiger partial charge on any atom is 0.244 e. The van der Waals surface area contributed by atoms with Gasteiger partial charge in [0.1, 0.15) is 11.6 Å². The van der Waals surface area contributed by atoms with Gasteiger partial charge < -0.3 is 25.2 Å². The van der Waals surface area contributed by atoms with Crippen LogP contribution in [0.2, 0.25) is 0 Å². The number of anilines is 4. The summed E-state index contributed by atoms with van der Waals surface area (Å²) in [6.07, 6.45) is 8.22. The summed E-state index contributed by atoms with van der Waals surface area (Å²) in [5.74, 6) is 1.60. The number of aromatic nitrogens is 3. The number of benzene rings is 1. The average Bonchev–Trinajstić information content (AvgIpc) is 3.01. The topological polar surface area (TPSA) is 133 Å². The Morgan fingerprint density at radius 2 is 1.87 bits per heavy atom. The Kier molecular flexibility index (Phi) is 9.57. The third kappa shape index (κ3) is 6.81. The number of amides is 1. The van der Waals surface area contributed by atoms with Crippen LogP contribution in [-0.2, 0) is 25.1 Å². The molecule has 2 N–H and O–H groups in total. The Balaban J connectivity index is 1.49. The fourth-order valence-corrected chi connectivity index (χ4v) is 8.22. The highest BCUT2D eigenvalue weighted by Gasteiger charge is 2.44. The number of hydrogen-bond donors (Lipinski definition) is 2. The van der Waals surface area contributed by atoms with Crippen molar-refractivity contribution in [2.45, 2.75) is 77.2 Å². The van der Waals surface area contributed by atoms with E-state index in [1.54, 1.807) is 17.6 Å². The predicted octanol–water partition coefficient (Wildman–Crippen LogP) is 4.17. The van der Waals surface area contributed by atoms with Crippen molar-refractivity contribution in [2.24, 2.45) is 0 Å². The molecule has 2 aliphatic rings. The van der Waals surface area contributed by atoms with Crippen LogP contribution in [0.25, 0.3) is 10.8 Å². The molecule has 0 spiro atoms. The molecule has 248 valence electrons. The van der Waals surface area contributed by atoms with Gasteiger partial charge in [-0.1, -0.05) is 12.6 Å². The SMILES string of the molecule is C=CC(=O)NC(C)(C)c1ccc(N2C[C@H](N(C(C)C)S(C)(=O)=O)[C@H]2C)c2cnc(Nc3ccnc(N4CCC(OC)CC4)n3)cc12. The standard InChI is InChI=1S/C33H46N8O4S/c1-9-31(42)38-33(5,6)26-10-11-27(40-20-28(22(40)4)41(21(2)3)46(8,43)44)25-19-35-30(18-24(25)26)36-29-12-15-34-32(37-29)39-16-13-23(45-7)14-17-39/h9-12,15,18-19,21-23,28H,1,13-14,16-17,20H2,2-8H3,(H,38,42)(H,34,35,36,37)/t22-,28+/m1/s1. The highest BCUT2D eigenvalue weighted by Crippen LogP contribution is 2.40. The monoisotopic (exact) mass is 650 g/mol. The number of piperidine rings is 1. The number of sulfonamides is 1. The molecule has 0 bridgehead atoms. The molecule has 2 aliphatic heterocycles. The van der Waals surface area contributed by atoms with Crippen molar-refractivity contribution in [3.63, 3.8) is 0 Å². The fraction of sp³-hybridized carbons (Fsp3) is 0.515. The Hall–Kier alpha value is -3.81. The highest BCUT2D eigenvalue weighted by atomic mass is 32.2. The molecule has 0 saturated carbocycles. The van der Waals surface area contributed by atoms with Gasteiger partial charge in [-0.2, -0.15) is 9.29 Å². The largest absolute Gasteiger partial charge is 0.381 e. The van der Waals surface area contributed by atoms with E-state index in [1.807, 2.05) is 58.2 Å². The Morgan fingerprint density at radius 3 is 2.48 bits per heavy atom. The number of rotatable bonds is 11. The lowest BCUT2D eigenvalue weighted by atomic mass is 9.87. The van der Waals surface area contributed by atoms with Crippen LogP contribution in [0.15, 0.2) is 49.3 Å². The van der Waals surface area contributed by atoms with E-state index in [0.717, 1.165) is 48.0 Å². The van der Waals surface area contributed by atoms with Crippen LogP contribution in [0.4, 0.5) is 23.3 Å². The first-order chi connectivity index (χ1) is 21.7. The van der Waals surface area contributed by atoms with Crippen LogP contribution < -0.4 is 20.4 Å². The molecule has 2 aromatic heterocycles. The van der Waals surface area contributed by atoms with E-state index in [2.05, 4.69) is 38.9 Å². The number of methoxy groups -OCH3 is 1. The summed E-state index contributed by atoms with van der Waals surface area (Å²) in [5, 5.41) is 8.21. The summed E-state index contributed by atoms with van der Waals surface area (Å²) in [6, 6.07) is 7.50. The normalized spacial score (nSPS) is 19.4. The molecule has 2 atom stereocenters. The van der Waals surface area contributed by atoms with Crippen LogP contribution in [-0.4, -0.2) is 90.8 Å². The lowest BCUT2D eigenvalue weighted by molar-refractivity contribution is -0.118. The van der Waals surface area contributed by atoms with E-state index in [-0.39, 0.29) is 30.1 Å². The lowest BCUT2D eigenvalue weighted by Crippen LogP contribution is -2.68. The van der Waals surface area contributed by atoms with Crippen LogP contribution in [0.3, 0.4) is 0 Å². The lowest BCUT2D eigenvalue weighted by Gasteiger charge is -2.53. The molecule has 4 heterocycles. The van der Waals surface area contributed by atoms with Gasteiger partial charge in [-0.3, -0.25) is 4.79 Å². The number of carbonyl (C=O) groups is 1. The number of nitrogens with one attached hydrogen (secondary N) is 2. The zero-order valence-electron chi connectivity index (χ0n) is 27.8. The van der Waals surface area contributed by atoms with Crippen LogP contribution in [0, 0.1) is 0 Å². The van der Waals surface area contributed by atoms with Gasteiger partial charge in [-0.15, -0.1) is 0 Å². The minimum Gasteiger partial charge on any atom is -0.381 e. The number of ether oxygens (including phenoxy) is 1. The van der Waals surface area contributed by atoms with Gasteiger partial charge in [0, 0.05) is 62.3 Å². The van der Waals surface area contributed by atoms with Crippen molar-refractivity contribution in [3.05, 3.63) is 54.9 Å². The van der Waals surface area contributed by atoms with E-state index < -0.39 is 15.6 Å². The molecule has 1 amide bonds. The van der Waals surface area contributed by atoms with E-state index in [0.29, 0.717) is 24.1 Å². The molecule has 3 aromatic rings. The molecule has 1 aromatic carbocycles. The van der Waals surface area contributed by atoms with Crippen molar-refractivity contribution in [2.75, 3.05) is 48.1 Å². The molecule has 46 heavy (non-hydrogen) atoms. The number of nitrogens with zero attached hydrogens (tertiary/aromatic N) is 6. The summed E-state index contributed by atoms with van der Waals surface area (Å²) in [7, 11) is -1.63. The van der Waals surface area contributed by atoms with Crippen LogP contribution in [0.5, 0.6) is 0 Å². The Morgan fingerprint density at radius 1 is 1.15 bits per heavy atom. The van der Waals surface area contributed by atoms with Crippen LogP contribution in [0.1, 0.15) is 53.0 Å². The third-order valence-electron chi connectivity index (χ3n) is 9.09. The maximum absolute atomic E-state index is 12.6. The minimum atomic E-state index is -3.38. The molecule has 2 saturated heterocycles. The minimum absolute atomic E-state index is 0.0501. The van der Waals surface area contributed by atoms with E-state index in [4.69, 9.17) is 14.7 Å². The molecule has 0 radical (unpaired) electrons. The van der Waals surface area contributed by atoms with E-state index >= 15 is 0 Å². The second kappa shape index (κ2) is 13.1. The van der Waals surface area contributed by atoms with Gasteiger partial charge in [-0.05, 0) is 82.7 Å². The summed E-state index contributed by atoms with van der Waals surface area (Å²) in [5.41, 5.74) is 1.12. The first-order valence-electron chi connectivity index (χ1n) is 15.7. The van der Waals surface area contributed by atoms with Gasteiger partial charge in [0.25, 0.3) is 0 Å². The summed E-state index contributed by atoms with van der Waals surface area (Å²) < 4.78 is 32.4. The molecular formula is C33H46N8O4S. The van der Waals surface area contributed by atoms with Crippen molar-refractivity contribution in [3.8, 4) is 0 Å². The predicted molar refractivity (Wildman–Crippen MR) is 183 cm³/mol. The number of pyridine rings is 1. The zero-order chi connectivity index (χ0) is 33.4. The third-order valence-corrected chi connectivity index (χ3v) is 10.5. The molecular weight excluding hydrogens is 604 g/mol. The van der Waals surface area contributed by atoms with Crippen LogP contribution >= 0.6 is 0 Å². The summed E-state index contributed by atoms with van der Waals surface area (Å²) in [6.45, 7) is 15.6. The molecule has 12 nitrogen and oxygen atoms in total. The van der Waals surface area contributed by atoms with Gasteiger partial charge in [0.05, 0.1) is 23.9 Å². The first kappa shape index (κ1) is 33.6. The average molecular weight is 651 g/mol. The smallest absolute Gasteiger partial charge is 0.244 e. The van der Waals surface area contributed by atoms with Crippen molar-refractivity contribution in [1.29, 1.82) is 0 Å². The van der Waals surface area contributed by atoms with Crippen molar-refractivity contribution in [1.82, 2.24) is 24.6 Å². The Labute approximate surface area is 272 Å². The van der Waals surface area contributed by atoms with Crippen molar-refractivity contribution < 1.29 is 17.9 Å². The first-order valence-corrected chi connectivity index (χ1v) is 17.6. The number of hydrogen-bond acceptors (Lipinski definition) is 10. The molecule has 13 heteroatoms. The zero-order valence-corrected chi connectivity index (χ0v) is 28.6. The van der Waals surface area contributed by atoms with Gasteiger partial charge in [0.15, 0.2) is 0 Å². The van der Waals surface area contributed by atoms with E-state index in [9.17, 15) is 13.2 Å². The fourth-order valence-electron chi connectivity index (χ4n) is 6.72. The highest BCUT2D eigenvalue weighted by molar-refractivity contribution is 7.88. The van der Waals surface area contributed by atoms with Gasteiger partial charge in [0.2, 0.25) is 21.9 Å². The van der Waals surface area contributed by atoms with Gasteiger partial charge >= 0.3 is 0 Å². The molecule has 0 aliphatic carbocycles. The maximum atomic E-state index is 12.6. The number of carbonyl (C=O) groups excluding carboxylic acids is 1. The molecule has 5 rings (SSSR count). The van der Waals surface area contributed by atoms with E-state index in [1.165, 1.54) is 12.3 Å². The quantitative estimate of drug-likeness (QED) is 0.292. The summed E-state index contributed by atoms with van der Waals surface area (Å²) >= 11 is 0.